The molecule has 0 aliphatic carbocycles. The van der Waals surface area contributed by atoms with Gasteiger partial charge in [-0.1, -0.05) is 35.5 Å². The van der Waals surface area contributed by atoms with Gasteiger partial charge < -0.3 is 0 Å². The highest BCUT2D eigenvalue weighted by Gasteiger charge is 1.67. The lowest BCUT2D eigenvalue weighted by molar-refractivity contribution is 1.47. The highest BCUT2D eigenvalue weighted by molar-refractivity contribution is 5.17. The largest absolute Gasteiger partial charge is 0.106 e. The first-order valence-corrected chi connectivity index (χ1v) is 4.12. The van der Waals surface area contributed by atoms with Crippen LogP contribution >= 0.6 is 0 Å². The van der Waals surface area contributed by atoms with E-state index >= 15 is 0 Å². The maximum atomic E-state index is 2.92. The van der Waals surface area contributed by atoms with Crippen molar-refractivity contribution in [3.05, 3.63) is 0 Å². The van der Waals surface area contributed by atoms with E-state index in [2.05, 4.69) is 47.4 Å². The lowest BCUT2D eigenvalue weighted by Gasteiger charge is -1.72. The van der Waals surface area contributed by atoms with Crippen LogP contribution in [0.15, 0.2) is 0 Å². The zero-order chi connectivity index (χ0) is 9.78. The van der Waals surface area contributed by atoms with E-state index in [1.807, 2.05) is 13.8 Å². The van der Waals surface area contributed by atoms with Crippen LogP contribution in [0, 0.1) is 47.4 Å². The molecule has 64 valence electrons. The summed E-state index contributed by atoms with van der Waals surface area (Å²) < 4.78 is 0. The lowest BCUT2D eigenvalue weighted by atomic mass is 10.3. The van der Waals surface area contributed by atoms with Gasteiger partial charge >= 0.3 is 0 Å². The Balaban J connectivity index is 3.57. The van der Waals surface area contributed by atoms with Gasteiger partial charge in [0.15, 0.2) is 0 Å². The van der Waals surface area contributed by atoms with Crippen molar-refractivity contribution in [2.24, 2.45) is 0 Å². The van der Waals surface area contributed by atoms with Crippen molar-refractivity contribution in [2.45, 2.75) is 33.1 Å². The molecule has 0 N–H and O–H groups in total. The van der Waals surface area contributed by atoms with Gasteiger partial charge in [0.05, 0.1) is 19.3 Å². The summed E-state index contributed by atoms with van der Waals surface area (Å²) >= 11 is 0. The molecule has 0 rings (SSSR count). The SMILES string of the molecule is CC#CCC#CCC#CCC#CC. The molecular formula is C13H12. The van der Waals surface area contributed by atoms with E-state index in [-0.39, 0.29) is 0 Å². The third-order valence-corrected chi connectivity index (χ3v) is 1.13. The summed E-state index contributed by atoms with van der Waals surface area (Å²) in [5, 5.41) is 0. The van der Waals surface area contributed by atoms with Crippen LogP contribution in [0.5, 0.6) is 0 Å². The second kappa shape index (κ2) is 10.2. The van der Waals surface area contributed by atoms with Crippen molar-refractivity contribution in [3.8, 4) is 47.4 Å². The molecule has 0 atom stereocenters. The van der Waals surface area contributed by atoms with Gasteiger partial charge in [0, 0.05) is 0 Å². The van der Waals surface area contributed by atoms with Crippen LogP contribution in [0.3, 0.4) is 0 Å². The Morgan fingerprint density at radius 1 is 0.538 bits per heavy atom. The van der Waals surface area contributed by atoms with E-state index in [1.54, 1.807) is 0 Å². The van der Waals surface area contributed by atoms with E-state index in [0.717, 1.165) is 0 Å². The van der Waals surface area contributed by atoms with Gasteiger partial charge in [-0.05, 0) is 13.8 Å². The van der Waals surface area contributed by atoms with Gasteiger partial charge in [-0.2, -0.15) is 0 Å². The Labute approximate surface area is 81.1 Å². The van der Waals surface area contributed by atoms with Crippen LogP contribution in [0.25, 0.3) is 0 Å². The highest BCUT2D eigenvalue weighted by atomic mass is 13.7. The second-order valence-electron chi connectivity index (χ2n) is 2.09. The van der Waals surface area contributed by atoms with Crippen molar-refractivity contribution in [1.82, 2.24) is 0 Å². The van der Waals surface area contributed by atoms with E-state index in [9.17, 15) is 0 Å². The van der Waals surface area contributed by atoms with Crippen molar-refractivity contribution in [2.75, 3.05) is 0 Å². The van der Waals surface area contributed by atoms with Crippen molar-refractivity contribution in [3.63, 3.8) is 0 Å². The molecule has 0 unspecified atom stereocenters. The van der Waals surface area contributed by atoms with Crippen LogP contribution in [0.4, 0.5) is 0 Å². The van der Waals surface area contributed by atoms with Gasteiger partial charge in [-0.15, -0.1) is 11.8 Å². The minimum absolute atomic E-state index is 0.622. The zero-order valence-electron chi connectivity index (χ0n) is 8.12. The molecule has 0 aliphatic rings. The first-order chi connectivity index (χ1) is 6.41. The fraction of sp³-hybridized carbons (Fsp3) is 0.385. The molecule has 0 saturated carbocycles. The van der Waals surface area contributed by atoms with Crippen molar-refractivity contribution >= 4 is 0 Å². The zero-order valence-corrected chi connectivity index (χ0v) is 8.12. The molecule has 0 aromatic carbocycles. The monoisotopic (exact) mass is 168 g/mol. The Bertz CT molecular complexity index is 317. The highest BCUT2D eigenvalue weighted by Crippen LogP contribution is 1.76. The minimum atomic E-state index is 0.622. The molecule has 0 spiro atoms. The molecule has 0 bridgehead atoms. The second-order valence-corrected chi connectivity index (χ2v) is 2.09. The first-order valence-electron chi connectivity index (χ1n) is 4.12. The molecule has 0 radical (unpaired) electrons. The van der Waals surface area contributed by atoms with E-state index in [0.29, 0.717) is 19.3 Å². The summed E-state index contributed by atoms with van der Waals surface area (Å²) in [4.78, 5) is 0. The molecule has 0 aliphatic heterocycles. The topological polar surface area (TPSA) is 0 Å². The van der Waals surface area contributed by atoms with Gasteiger partial charge in [-0.3, -0.25) is 0 Å². The quantitative estimate of drug-likeness (QED) is 0.486. The summed E-state index contributed by atoms with van der Waals surface area (Å²) in [6, 6.07) is 0. The van der Waals surface area contributed by atoms with Crippen molar-refractivity contribution in [1.29, 1.82) is 0 Å². The van der Waals surface area contributed by atoms with Crippen LogP contribution in [0.2, 0.25) is 0 Å². The molecule has 0 aromatic heterocycles. The van der Waals surface area contributed by atoms with Gasteiger partial charge in [0.25, 0.3) is 0 Å². The summed E-state index contributed by atoms with van der Waals surface area (Å²) in [6.45, 7) is 3.62. The molecule has 0 amide bonds. The normalized spacial score (nSPS) is 5.69. The molecule has 0 nitrogen and oxygen atoms in total. The number of rotatable bonds is 0. The summed E-state index contributed by atoms with van der Waals surface area (Å²) in [5.41, 5.74) is 0. The lowest BCUT2D eigenvalue weighted by Crippen LogP contribution is -1.63. The van der Waals surface area contributed by atoms with Crippen molar-refractivity contribution < 1.29 is 0 Å². The Morgan fingerprint density at radius 2 is 0.846 bits per heavy atom. The average molecular weight is 168 g/mol. The fourth-order valence-electron chi connectivity index (χ4n) is 0.559. The van der Waals surface area contributed by atoms with Crippen LogP contribution < -0.4 is 0 Å². The first kappa shape index (κ1) is 11.2. The standard InChI is InChI=1S/C13H12/c1-3-5-7-9-11-13-12-10-8-6-4-2/h7-8,13H2,1-2H3. The van der Waals surface area contributed by atoms with Gasteiger partial charge in [-0.25, -0.2) is 0 Å². The van der Waals surface area contributed by atoms with Gasteiger partial charge in [0.2, 0.25) is 0 Å². The van der Waals surface area contributed by atoms with Crippen LogP contribution in [-0.4, -0.2) is 0 Å². The molecule has 0 heteroatoms. The predicted octanol–water partition coefficient (Wildman–Crippen LogP) is 2.21. The Morgan fingerprint density at radius 3 is 1.15 bits per heavy atom. The fourth-order valence-corrected chi connectivity index (χ4v) is 0.559. The molecule has 0 saturated heterocycles. The third-order valence-electron chi connectivity index (χ3n) is 1.13. The number of hydrogen-bond donors (Lipinski definition) is 0. The summed E-state index contributed by atoms with van der Waals surface area (Å²) in [5.74, 6) is 23.0. The Kier molecular flexibility index (Phi) is 8.85. The maximum Gasteiger partial charge on any atom is 0.0703 e. The van der Waals surface area contributed by atoms with E-state index in [4.69, 9.17) is 0 Å². The molecule has 13 heavy (non-hydrogen) atoms. The molecule has 0 fully saturated rings. The average Bonchev–Trinajstić information content (AvgIpc) is 2.16. The summed E-state index contributed by atoms with van der Waals surface area (Å²) in [6.07, 6.45) is 1.91. The minimum Gasteiger partial charge on any atom is -0.106 e. The molecule has 0 aromatic rings. The van der Waals surface area contributed by atoms with E-state index < -0.39 is 0 Å². The molecule has 0 heterocycles. The van der Waals surface area contributed by atoms with Gasteiger partial charge in [0.1, 0.15) is 0 Å². The Hall–Kier alpha value is -1.76. The maximum absolute atomic E-state index is 2.92. The van der Waals surface area contributed by atoms with E-state index in [1.165, 1.54) is 0 Å². The predicted molar refractivity (Wildman–Crippen MR) is 56.3 cm³/mol. The smallest absolute Gasteiger partial charge is 0.0703 e. The van der Waals surface area contributed by atoms with Crippen LogP contribution in [0.1, 0.15) is 33.1 Å². The number of hydrogen-bond acceptors (Lipinski definition) is 0. The third kappa shape index (κ3) is 10.2. The molecular weight excluding hydrogens is 156 g/mol. The summed E-state index contributed by atoms with van der Waals surface area (Å²) in [7, 11) is 0. The van der Waals surface area contributed by atoms with Crippen LogP contribution in [-0.2, 0) is 0 Å².